The second kappa shape index (κ2) is 11.8. The molecule has 1 unspecified atom stereocenters. The Bertz CT molecular complexity index is 1460. The number of methoxy groups -OCH3 is 2. The average Bonchev–Trinajstić information content (AvgIpc) is 2.92. The number of nitrogens with zero attached hydrogens (tertiary/aromatic N) is 3. The molecular weight excluding hydrogens is 512 g/mol. The third kappa shape index (κ3) is 5.98. The topological polar surface area (TPSA) is 175 Å². The van der Waals surface area contributed by atoms with Crippen LogP contribution in [0.5, 0.6) is 11.5 Å². The summed E-state index contributed by atoms with van der Waals surface area (Å²) in [5.41, 5.74) is 7.53. The third-order valence-electron chi connectivity index (χ3n) is 5.39. The minimum atomic E-state index is -2.85. The first-order chi connectivity index (χ1) is 18.3. The molecule has 1 heterocycles. The number of hydrogen-bond donors (Lipinski definition) is 4. The second-order valence-corrected chi connectivity index (χ2v) is 8.75. The van der Waals surface area contributed by atoms with Gasteiger partial charge in [0.25, 0.3) is 0 Å². The molecule has 0 aliphatic rings. The van der Waals surface area contributed by atoms with Crippen molar-refractivity contribution in [1.82, 2.24) is 9.97 Å². The Kier molecular flexibility index (Phi) is 8.33. The number of hydrogen-bond acceptors (Lipinski definition) is 10. The second-order valence-electron chi connectivity index (χ2n) is 7.95. The van der Waals surface area contributed by atoms with E-state index in [2.05, 4.69) is 20.6 Å². The Morgan fingerprint density at radius 3 is 2.29 bits per heavy atom. The Hall–Kier alpha value is -4.30. The summed E-state index contributed by atoms with van der Waals surface area (Å²) in [6, 6.07) is 17.1. The number of aromatic nitrogens is 2. The van der Waals surface area contributed by atoms with E-state index < -0.39 is 29.8 Å². The number of carbonyl (C=O) groups is 1. The monoisotopic (exact) mass is 537 g/mol. The highest BCUT2D eigenvalue weighted by atomic mass is 32.2. The summed E-state index contributed by atoms with van der Waals surface area (Å²) in [6.45, 7) is -0.543. The summed E-state index contributed by atoms with van der Waals surface area (Å²) in [5.74, 6) is 0.514. The molecular formula is C25H25N6O6S-. The van der Waals surface area contributed by atoms with E-state index in [1.807, 2.05) is 0 Å². The molecule has 1 amide bonds. The fraction of sp³-hybridized carbons (Fsp3) is 0.160. The zero-order chi connectivity index (χ0) is 27.2. The lowest BCUT2D eigenvalue weighted by molar-refractivity contribution is -0.118. The highest BCUT2D eigenvalue weighted by molar-refractivity contribution is 7.81. The number of benzene rings is 3. The maximum absolute atomic E-state index is 12.6. The molecule has 0 saturated carbocycles. The Morgan fingerprint density at radius 1 is 1.03 bits per heavy atom. The maximum Gasteiger partial charge on any atom is 0.243 e. The minimum Gasteiger partial charge on any atom is -0.755 e. The van der Waals surface area contributed by atoms with Gasteiger partial charge in [-0.15, -0.1) is 0 Å². The van der Waals surface area contributed by atoms with Crippen molar-refractivity contribution in [3.63, 3.8) is 0 Å². The number of anilines is 5. The van der Waals surface area contributed by atoms with Crippen molar-refractivity contribution in [2.45, 2.75) is 6.04 Å². The molecule has 0 saturated heterocycles. The molecule has 38 heavy (non-hydrogen) atoms. The third-order valence-corrected chi connectivity index (χ3v) is 6.07. The van der Waals surface area contributed by atoms with Gasteiger partial charge < -0.3 is 35.5 Å². The smallest absolute Gasteiger partial charge is 0.243 e. The van der Waals surface area contributed by atoms with Crippen LogP contribution in [0, 0.1) is 0 Å². The van der Waals surface area contributed by atoms with Gasteiger partial charge in [0.05, 0.1) is 48.8 Å². The number of fused-ring (bicyclic) bond motifs is 1. The SMILES string of the molecule is COc1cc(Nc2nc3ccccc3nc2N(c2cccc(NC(=O)[C@H](N)CO)c2)S(=O)[O-])cc(OC)c1. The lowest BCUT2D eigenvalue weighted by atomic mass is 10.2. The van der Waals surface area contributed by atoms with Gasteiger partial charge in [-0.05, 0) is 30.3 Å². The van der Waals surface area contributed by atoms with Crippen LogP contribution in [0.1, 0.15) is 0 Å². The lowest BCUT2D eigenvalue weighted by Gasteiger charge is -2.27. The van der Waals surface area contributed by atoms with E-state index in [9.17, 15) is 13.6 Å². The van der Waals surface area contributed by atoms with Gasteiger partial charge in [0.1, 0.15) is 17.5 Å². The van der Waals surface area contributed by atoms with Crippen molar-refractivity contribution in [3.05, 3.63) is 66.7 Å². The Balaban J connectivity index is 1.82. The van der Waals surface area contributed by atoms with Gasteiger partial charge in [-0.3, -0.25) is 13.3 Å². The highest BCUT2D eigenvalue weighted by Gasteiger charge is 2.21. The number of aliphatic hydroxyl groups is 1. The van der Waals surface area contributed by atoms with Crippen LogP contribution in [0.4, 0.5) is 28.7 Å². The van der Waals surface area contributed by atoms with Gasteiger partial charge in [0, 0.05) is 29.6 Å². The maximum atomic E-state index is 12.6. The molecule has 3 aromatic carbocycles. The summed E-state index contributed by atoms with van der Waals surface area (Å²) in [7, 11) is 3.03. The molecule has 0 radical (unpaired) electrons. The zero-order valence-electron chi connectivity index (χ0n) is 20.5. The van der Waals surface area contributed by atoms with E-state index in [0.717, 1.165) is 4.31 Å². The summed E-state index contributed by atoms with van der Waals surface area (Å²) in [6.07, 6.45) is 0. The largest absolute Gasteiger partial charge is 0.755 e. The van der Waals surface area contributed by atoms with Gasteiger partial charge in [0.15, 0.2) is 11.6 Å². The van der Waals surface area contributed by atoms with Crippen molar-refractivity contribution in [2.24, 2.45) is 5.73 Å². The van der Waals surface area contributed by atoms with Crippen LogP contribution in [0.25, 0.3) is 11.0 Å². The number of nitrogens with one attached hydrogen (secondary N) is 2. The Morgan fingerprint density at radius 2 is 1.68 bits per heavy atom. The normalized spacial score (nSPS) is 12.4. The number of carbonyl (C=O) groups excluding carboxylic acids is 1. The van der Waals surface area contributed by atoms with Gasteiger partial charge in [0.2, 0.25) is 5.91 Å². The predicted molar refractivity (Wildman–Crippen MR) is 144 cm³/mol. The van der Waals surface area contributed by atoms with Crippen LogP contribution in [-0.4, -0.2) is 56.6 Å². The first kappa shape index (κ1) is 26.8. The van der Waals surface area contributed by atoms with Crippen LogP contribution < -0.4 is 30.1 Å². The molecule has 4 aromatic rings. The van der Waals surface area contributed by atoms with E-state index in [1.54, 1.807) is 54.6 Å². The molecule has 2 atom stereocenters. The highest BCUT2D eigenvalue weighted by Crippen LogP contribution is 2.36. The quantitative estimate of drug-likeness (QED) is 0.220. The molecule has 0 spiro atoms. The fourth-order valence-electron chi connectivity index (χ4n) is 3.54. The number of nitrogens with two attached hydrogens (primary N) is 1. The van der Waals surface area contributed by atoms with E-state index in [1.165, 1.54) is 26.4 Å². The zero-order valence-corrected chi connectivity index (χ0v) is 21.3. The molecule has 13 heteroatoms. The molecule has 0 aliphatic carbocycles. The van der Waals surface area contributed by atoms with E-state index >= 15 is 0 Å². The number of aliphatic hydroxyl groups excluding tert-OH is 1. The van der Waals surface area contributed by atoms with Crippen LogP contribution >= 0.6 is 0 Å². The van der Waals surface area contributed by atoms with Gasteiger partial charge in [-0.1, -0.05) is 18.2 Å². The number of ether oxygens (including phenoxy) is 2. The summed E-state index contributed by atoms with van der Waals surface area (Å²) in [5, 5.41) is 14.8. The fourth-order valence-corrected chi connectivity index (χ4v) is 4.09. The molecule has 0 fully saturated rings. The average molecular weight is 538 g/mol. The molecule has 5 N–H and O–H groups in total. The summed E-state index contributed by atoms with van der Waals surface area (Å²) < 4.78 is 36.8. The number of para-hydroxylation sites is 2. The molecule has 198 valence electrons. The molecule has 1 aromatic heterocycles. The van der Waals surface area contributed by atoms with Crippen molar-refractivity contribution < 1.29 is 28.1 Å². The van der Waals surface area contributed by atoms with E-state index in [-0.39, 0.29) is 23.0 Å². The molecule has 12 nitrogen and oxygen atoms in total. The van der Waals surface area contributed by atoms with E-state index in [4.69, 9.17) is 20.3 Å². The first-order valence-electron chi connectivity index (χ1n) is 11.3. The van der Waals surface area contributed by atoms with Gasteiger partial charge in [-0.25, -0.2) is 9.97 Å². The molecule has 0 bridgehead atoms. The summed E-state index contributed by atoms with van der Waals surface area (Å²) >= 11 is -2.85. The first-order valence-corrected chi connectivity index (χ1v) is 12.3. The standard InChI is InChI=1S/C25H26N6O6S/c1-36-18-11-16(12-19(13-18)37-2)27-23-24(30-22-9-4-3-8-21(22)29-23)31(38(34)35)17-7-5-6-15(10-17)28-25(33)20(26)14-32/h3-13,20,32H,14,26H2,1-2H3,(H,27,29)(H,28,33)(H,34,35)/p-1/t20-/m1/s1. The molecule has 4 rings (SSSR count). The van der Waals surface area contributed by atoms with Crippen molar-refractivity contribution in [2.75, 3.05) is 35.8 Å². The minimum absolute atomic E-state index is 0.0191. The Labute approximate surface area is 220 Å². The van der Waals surface area contributed by atoms with Crippen LogP contribution in [0.15, 0.2) is 66.7 Å². The van der Waals surface area contributed by atoms with E-state index in [0.29, 0.717) is 28.2 Å². The summed E-state index contributed by atoms with van der Waals surface area (Å²) in [4.78, 5) is 21.4. The van der Waals surface area contributed by atoms with Gasteiger partial charge in [-0.2, -0.15) is 0 Å². The van der Waals surface area contributed by atoms with Crippen LogP contribution in [-0.2, 0) is 16.1 Å². The predicted octanol–water partition coefficient (Wildman–Crippen LogP) is 2.58. The number of amides is 1. The van der Waals surface area contributed by atoms with Crippen LogP contribution in [0.2, 0.25) is 0 Å². The molecule has 0 aliphatic heterocycles. The van der Waals surface area contributed by atoms with Crippen molar-refractivity contribution in [3.8, 4) is 11.5 Å². The van der Waals surface area contributed by atoms with Gasteiger partial charge >= 0.3 is 0 Å². The lowest BCUT2D eigenvalue weighted by Crippen LogP contribution is -2.38. The van der Waals surface area contributed by atoms with Crippen molar-refractivity contribution in [1.29, 1.82) is 0 Å². The van der Waals surface area contributed by atoms with Crippen LogP contribution in [0.3, 0.4) is 0 Å². The van der Waals surface area contributed by atoms with Crippen molar-refractivity contribution >= 4 is 56.9 Å². The number of rotatable bonds is 10.